The van der Waals surface area contributed by atoms with Crippen molar-refractivity contribution in [3.63, 3.8) is 0 Å². The van der Waals surface area contributed by atoms with Gasteiger partial charge in [0.1, 0.15) is 11.3 Å². The maximum Gasteiger partial charge on any atom is 0.250 e. The molecule has 3 aromatic rings. The Morgan fingerprint density at radius 2 is 1.74 bits per heavy atom. The van der Waals surface area contributed by atoms with E-state index in [2.05, 4.69) is 4.98 Å². The van der Waals surface area contributed by atoms with Crippen molar-refractivity contribution in [1.29, 1.82) is 0 Å². The zero-order valence-corrected chi connectivity index (χ0v) is 19.7. The van der Waals surface area contributed by atoms with E-state index >= 15 is 0 Å². The topological polar surface area (TPSA) is 82.8 Å². The number of pyridine rings is 1. The first-order chi connectivity index (χ1) is 16.2. The van der Waals surface area contributed by atoms with Crippen LogP contribution in [-0.2, 0) is 11.8 Å². The molecule has 1 aliphatic carbocycles. The van der Waals surface area contributed by atoms with E-state index in [0.717, 1.165) is 29.1 Å². The molecule has 0 N–H and O–H groups in total. The lowest BCUT2D eigenvalue weighted by molar-refractivity contribution is -0.0384. The van der Waals surface area contributed by atoms with Crippen molar-refractivity contribution in [1.82, 2.24) is 24.5 Å². The average Bonchev–Trinajstić information content (AvgIpc) is 2.81. The van der Waals surface area contributed by atoms with Gasteiger partial charge < -0.3 is 9.30 Å². The Labute approximate surface area is 196 Å². The molecule has 2 fully saturated rings. The number of halogens is 2. The van der Waals surface area contributed by atoms with Gasteiger partial charge in [-0.1, -0.05) is 0 Å². The predicted octanol–water partition coefficient (Wildman–Crippen LogP) is 4.66. The first-order valence-electron chi connectivity index (χ1n) is 11.9. The van der Waals surface area contributed by atoms with Crippen molar-refractivity contribution < 1.29 is 13.5 Å². The summed E-state index contributed by atoms with van der Waals surface area (Å²) in [7, 11) is 1.72. The fourth-order valence-electron chi connectivity index (χ4n) is 5.00. The number of alkyl halides is 2. The highest BCUT2D eigenvalue weighted by molar-refractivity contribution is 5.73. The van der Waals surface area contributed by atoms with E-state index in [4.69, 9.17) is 19.7 Å². The molecule has 2 atom stereocenters. The molecule has 7 nitrogen and oxygen atoms in total. The van der Waals surface area contributed by atoms with Crippen LogP contribution < -0.4 is 5.56 Å². The first kappa shape index (κ1) is 23.0. The van der Waals surface area contributed by atoms with E-state index in [1.54, 1.807) is 17.7 Å². The number of rotatable bonds is 3. The fraction of sp³-hybridized carbons (Fsp3) is 0.560. The third-order valence-electron chi connectivity index (χ3n) is 7.22. The van der Waals surface area contributed by atoms with Crippen LogP contribution >= 0.6 is 0 Å². The molecule has 34 heavy (non-hydrogen) atoms. The quantitative estimate of drug-likeness (QED) is 0.555. The maximum atomic E-state index is 13.9. The van der Waals surface area contributed by atoms with Crippen LogP contribution in [0.4, 0.5) is 8.78 Å². The van der Waals surface area contributed by atoms with Crippen LogP contribution in [-0.4, -0.2) is 37.0 Å². The minimum Gasteiger partial charge on any atom is -0.373 e. The summed E-state index contributed by atoms with van der Waals surface area (Å²) in [5.41, 5.74) is 4.38. The largest absolute Gasteiger partial charge is 0.373 e. The summed E-state index contributed by atoms with van der Waals surface area (Å²) in [6.45, 7) is 4.34. The highest BCUT2D eigenvalue weighted by Gasteiger charge is 2.37. The molecule has 0 radical (unpaired) electrons. The Morgan fingerprint density at radius 1 is 1.00 bits per heavy atom. The van der Waals surface area contributed by atoms with Crippen LogP contribution in [0.25, 0.3) is 11.2 Å². The molecule has 9 heteroatoms. The summed E-state index contributed by atoms with van der Waals surface area (Å²) in [5.74, 6) is -1.98. The normalized spacial score (nSPS) is 23.3. The molecular formula is C25H29F2N5O2. The van der Waals surface area contributed by atoms with Crippen molar-refractivity contribution in [2.24, 2.45) is 7.05 Å². The highest BCUT2D eigenvalue weighted by Crippen LogP contribution is 2.43. The van der Waals surface area contributed by atoms with Crippen molar-refractivity contribution in [3.8, 4) is 0 Å². The SMILES string of the molecule is Cc1nc2nc([C@@H]3CCO[C@H](c4ccc(=O)n(C)c4)C3)nc(C3CCC(F)(F)CC3)c2nc1C. The second-order valence-corrected chi connectivity index (χ2v) is 9.66. The van der Waals surface area contributed by atoms with Crippen molar-refractivity contribution >= 4 is 11.2 Å². The van der Waals surface area contributed by atoms with E-state index in [1.165, 1.54) is 0 Å². The lowest BCUT2D eigenvalue weighted by Crippen LogP contribution is -2.26. The Kier molecular flexibility index (Phi) is 5.91. The number of ether oxygens (including phenoxy) is 1. The molecule has 1 saturated carbocycles. The maximum absolute atomic E-state index is 13.9. The lowest BCUT2D eigenvalue weighted by atomic mass is 9.84. The van der Waals surface area contributed by atoms with E-state index in [1.807, 2.05) is 26.1 Å². The smallest absolute Gasteiger partial charge is 0.250 e. The van der Waals surface area contributed by atoms with E-state index in [9.17, 15) is 13.6 Å². The third kappa shape index (κ3) is 4.45. The van der Waals surface area contributed by atoms with Gasteiger partial charge in [0.05, 0.1) is 23.2 Å². The van der Waals surface area contributed by atoms with Crippen LogP contribution in [0.5, 0.6) is 0 Å². The molecule has 0 amide bonds. The predicted molar refractivity (Wildman–Crippen MR) is 123 cm³/mol. The first-order valence-corrected chi connectivity index (χ1v) is 11.9. The standard InChI is InChI=1S/C25H29F2N5O2/c1-14-15(2)29-24-22(28-14)21(16-6-9-25(26,27)10-7-16)30-23(31-24)17-8-11-34-19(12-17)18-4-5-20(33)32(3)13-18/h4-5,13,16-17,19H,6-12H2,1-3H3/t17-,19+/m1/s1. The number of aryl methyl sites for hydroxylation is 3. The lowest BCUT2D eigenvalue weighted by Gasteiger charge is -2.31. The van der Waals surface area contributed by atoms with Gasteiger partial charge in [-0.25, -0.2) is 28.7 Å². The fourth-order valence-corrected chi connectivity index (χ4v) is 5.00. The van der Waals surface area contributed by atoms with E-state index in [0.29, 0.717) is 42.9 Å². The summed E-state index contributed by atoms with van der Waals surface area (Å²) in [6.07, 6.45) is 3.54. The Balaban J connectivity index is 1.52. The molecule has 180 valence electrons. The molecule has 0 unspecified atom stereocenters. The van der Waals surface area contributed by atoms with Gasteiger partial charge in [0.2, 0.25) is 11.5 Å². The van der Waals surface area contributed by atoms with Crippen LogP contribution in [0.15, 0.2) is 23.1 Å². The number of hydrogen-bond acceptors (Lipinski definition) is 6. The van der Waals surface area contributed by atoms with Crippen LogP contribution in [0.2, 0.25) is 0 Å². The second kappa shape index (κ2) is 8.76. The summed E-state index contributed by atoms with van der Waals surface area (Å²) < 4.78 is 35.3. The molecule has 0 aromatic carbocycles. The molecule has 5 rings (SSSR count). The summed E-state index contributed by atoms with van der Waals surface area (Å²) in [4.78, 5) is 30.9. The third-order valence-corrected chi connectivity index (χ3v) is 7.22. The minimum absolute atomic E-state index is 0.0348. The summed E-state index contributed by atoms with van der Waals surface area (Å²) in [6, 6.07) is 3.36. The zero-order valence-electron chi connectivity index (χ0n) is 19.7. The number of nitrogens with zero attached hydrogens (tertiary/aromatic N) is 5. The number of aromatic nitrogens is 5. The Hall–Kier alpha value is -2.81. The molecule has 0 bridgehead atoms. The van der Waals surface area contributed by atoms with Gasteiger partial charge in [-0.05, 0) is 51.2 Å². The van der Waals surface area contributed by atoms with Gasteiger partial charge in [-0.15, -0.1) is 0 Å². The van der Waals surface area contributed by atoms with Gasteiger partial charge >= 0.3 is 0 Å². The second-order valence-electron chi connectivity index (χ2n) is 9.66. The monoisotopic (exact) mass is 469 g/mol. The van der Waals surface area contributed by atoms with Gasteiger partial charge in [-0.3, -0.25) is 4.79 Å². The molecule has 4 heterocycles. The minimum atomic E-state index is -2.61. The van der Waals surface area contributed by atoms with Gasteiger partial charge in [-0.2, -0.15) is 0 Å². The molecular weight excluding hydrogens is 440 g/mol. The Bertz CT molecular complexity index is 1280. The Morgan fingerprint density at radius 3 is 2.47 bits per heavy atom. The number of fused-ring (bicyclic) bond motifs is 1. The zero-order chi connectivity index (χ0) is 24.0. The molecule has 2 aliphatic rings. The number of hydrogen-bond donors (Lipinski definition) is 0. The van der Waals surface area contributed by atoms with Gasteiger partial charge in [0.15, 0.2) is 5.65 Å². The van der Waals surface area contributed by atoms with Crippen molar-refractivity contribution in [2.45, 2.75) is 76.2 Å². The summed E-state index contributed by atoms with van der Waals surface area (Å²) in [5, 5.41) is 0. The summed E-state index contributed by atoms with van der Waals surface area (Å²) >= 11 is 0. The molecule has 0 spiro atoms. The van der Waals surface area contributed by atoms with E-state index in [-0.39, 0.29) is 36.3 Å². The van der Waals surface area contributed by atoms with E-state index < -0.39 is 5.92 Å². The van der Waals surface area contributed by atoms with Crippen LogP contribution in [0.3, 0.4) is 0 Å². The molecule has 3 aromatic heterocycles. The molecule has 1 saturated heterocycles. The highest BCUT2D eigenvalue weighted by atomic mass is 19.3. The van der Waals surface area contributed by atoms with Crippen LogP contribution in [0.1, 0.15) is 84.9 Å². The van der Waals surface area contributed by atoms with Gasteiger partial charge in [0, 0.05) is 50.6 Å². The van der Waals surface area contributed by atoms with Crippen LogP contribution in [0, 0.1) is 13.8 Å². The molecule has 1 aliphatic heterocycles. The van der Waals surface area contributed by atoms with Crippen molar-refractivity contribution in [2.75, 3.05) is 6.61 Å². The van der Waals surface area contributed by atoms with Gasteiger partial charge in [0.25, 0.3) is 0 Å². The van der Waals surface area contributed by atoms with Crippen molar-refractivity contribution in [3.05, 3.63) is 57.2 Å². The average molecular weight is 470 g/mol.